The van der Waals surface area contributed by atoms with E-state index < -0.39 is 11.6 Å². The number of carbonyl (C=O) groups is 2. The van der Waals surface area contributed by atoms with Crippen molar-refractivity contribution in [1.29, 1.82) is 5.26 Å². The Balaban J connectivity index is 1.67. The normalized spacial score (nSPS) is 13.3. The fourth-order valence-electron chi connectivity index (χ4n) is 4.79. The molecule has 1 fully saturated rings. The molecule has 0 saturated heterocycles. The summed E-state index contributed by atoms with van der Waals surface area (Å²) in [7, 11) is 3.29. The summed E-state index contributed by atoms with van der Waals surface area (Å²) in [6, 6.07) is 14.5. The molecule has 202 valence electrons. The zero-order chi connectivity index (χ0) is 28.6. The van der Waals surface area contributed by atoms with E-state index in [4.69, 9.17) is 10.5 Å². The predicted octanol–water partition coefficient (Wildman–Crippen LogP) is 4.73. The van der Waals surface area contributed by atoms with Crippen LogP contribution in [0.1, 0.15) is 28.8 Å². The van der Waals surface area contributed by atoms with Gasteiger partial charge >= 0.3 is 0 Å². The molecule has 0 aliphatic heterocycles. The number of pyridine rings is 1. The molecule has 1 aliphatic carbocycles. The number of nitrogens with one attached hydrogen (secondary N) is 2. The van der Waals surface area contributed by atoms with Crippen LogP contribution in [0, 0.1) is 11.3 Å². The van der Waals surface area contributed by atoms with Crippen molar-refractivity contribution in [2.45, 2.75) is 18.5 Å². The second-order valence-corrected chi connectivity index (χ2v) is 9.69. The molecule has 4 N–H and O–H groups in total. The van der Waals surface area contributed by atoms with Crippen molar-refractivity contribution in [3.05, 3.63) is 72.4 Å². The maximum atomic E-state index is 14.1. The van der Waals surface area contributed by atoms with E-state index in [1.165, 1.54) is 19.4 Å². The van der Waals surface area contributed by atoms with Gasteiger partial charge in [-0.05, 0) is 54.3 Å². The first-order chi connectivity index (χ1) is 19.2. The minimum atomic E-state index is -1.33. The van der Waals surface area contributed by atoms with Gasteiger partial charge < -0.3 is 25.7 Å². The highest BCUT2D eigenvalue weighted by atomic mass is 19.1. The van der Waals surface area contributed by atoms with Crippen LogP contribution in [0.2, 0.25) is 0 Å². The van der Waals surface area contributed by atoms with Gasteiger partial charge in [0.25, 0.3) is 5.91 Å². The lowest BCUT2D eigenvalue weighted by Crippen LogP contribution is -2.31. The summed E-state index contributed by atoms with van der Waals surface area (Å²) in [5.41, 5.74) is 9.74. The zero-order valence-electron chi connectivity index (χ0n) is 22.0. The fourth-order valence-corrected chi connectivity index (χ4v) is 4.79. The number of aromatic nitrogens is 2. The number of rotatable bonds is 8. The summed E-state index contributed by atoms with van der Waals surface area (Å²) < 4.78 is 21.5. The van der Waals surface area contributed by atoms with Gasteiger partial charge in [-0.3, -0.25) is 9.59 Å². The first-order valence-corrected chi connectivity index (χ1v) is 12.6. The Morgan fingerprint density at radius 3 is 2.58 bits per heavy atom. The number of hydrogen-bond donors (Lipinski definition) is 3. The Kier molecular flexibility index (Phi) is 6.73. The lowest BCUT2D eigenvalue weighted by atomic mass is 9.96. The van der Waals surface area contributed by atoms with Gasteiger partial charge in [0.1, 0.15) is 23.3 Å². The Labute approximate surface area is 230 Å². The molecule has 5 rings (SSSR count). The van der Waals surface area contributed by atoms with Crippen molar-refractivity contribution in [3.63, 3.8) is 0 Å². The van der Waals surface area contributed by atoms with Gasteiger partial charge in [0.2, 0.25) is 5.91 Å². The third kappa shape index (κ3) is 4.73. The maximum absolute atomic E-state index is 14.1. The highest BCUT2D eigenvalue weighted by Gasteiger charge is 2.43. The van der Waals surface area contributed by atoms with Crippen LogP contribution in [0.15, 0.2) is 61.3 Å². The summed E-state index contributed by atoms with van der Waals surface area (Å²) in [5, 5.41) is 15.8. The lowest BCUT2D eigenvalue weighted by Gasteiger charge is -2.14. The van der Waals surface area contributed by atoms with Crippen molar-refractivity contribution in [3.8, 4) is 34.2 Å². The number of anilines is 2. The number of alkyl halides is 1. The fraction of sp³-hybridized carbons (Fsp3) is 0.200. The van der Waals surface area contributed by atoms with Gasteiger partial charge in [-0.15, -0.1) is 0 Å². The SMILES string of the molecule is C=CC(=O)Nc1ccc(-c2c(-c3ccc(C(=O)NCC4(F)CC4)c(OC)c3)c3c(N)ncc(C#N)c3n2C)cc1. The number of methoxy groups -OCH3 is 1. The molecule has 0 bridgehead atoms. The number of amides is 2. The van der Waals surface area contributed by atoms with Crippen molar-refractivity contribution in [2.24, 2.45) is 7.05 Å². The minimum absolute atomic E-state index is 0.0490. The number of nitrogen functional groups attached to an aromatic ring is 1. The van der Waals surface area contributed by atoms with Crippen LogP contribution in [-0.2, 0) is 11.8 Å². The Morgan fingerprint density at radius 1 is 1.25 bits per heavy atom. The Morgan fingerprint density at radius 2 is 1.95 bits per heavy atom. The highest BCUT2D eigenvalue weighted by Crippen LogP contribution is 2.44. The molecule has 4 aromatic rings. The maximum Gasteiger partial charge on any atom is 0.255 e. The molecule has 40 heavy (non-hydrogen) atoms. The molecule has 0 unspecified atom stereocenters. The lowest BCUT2D eigenvalue weighted by molar-refractivity contribution is -0.111. The molecule has 0 atom stereocenters. The average molecular weight is 539 g/mol. The number of fused-ring (bicyclic) bond motifs is 1. The molecule has 1 saturated carbocycles. The number of benzene rings is 2. The number of nitriles is 1. The van der Waals surface area contributed by atoms with E-state index >= 15 is 0 Å². The molecule has 10 heteroatoms. The van der Waals surface area contributed by atoms with Gasteiger partial charge in [-0.1, -0.05) is 24.8 Å². The smallest absolute Gasteiger partial charge is 0.255 e. The highest BCUT2D eigenvalue weighted by molar-refractivity contribution is 6.11. The van der Waals surface area contributed by atoms with E-state index in [1.807, 2.05) is 23.7 Å². The average Bonchev–Trinajstić information content (AvgIpc) is 3.63. The molecular formula is C30H27FN6O3. The topological polar surface area (TPSA) is 135 Å². The number of aryl methyl sites for hydroxylation is 1. The summed E-state index contributed by atoms with van der Waals surface area (Å²) in [6.07, 6.45) is 3.50. The van der Waals surface area contributed by atoms with Gasteiger partial charge in [0, 0.05) is 24.5 Å². The molecule has 0 spiro atoms. The van der Waals surface area contributed by atoms with Crippen LogP contribution < -0.4 is 21.1 Å². The van der Waals surface area contributed by atoms with Gasteiger partial charge in [0.15, 0.2) is 0 Å². The Hall–Kier alpha value is -5.17. The largest absolute Gasteiger partial charge is 0.496 e. The summed E-state index contributed by atoms with van der Waals surface area (Å²) in [6.45, 7) is 3.42. The van der Waals surface area contributed by atoms with E-state index in [0.29, 0.717) is 51.9 Å². The summed E-state index contributed by atoms with van der Waals surface area (Å²) in [5.74, 6) is -0.229. The molecule has 2 amide bonds. The second kappa shape index (κ2) is 10.2. The van der Waals surface area contributed by atoms with Crippen LogP contribution in [0.5, 0.6) is 5.75 Å². The standard InChI is InChI=1S/C30H27FN6O3/c1-4-23(38)36-20-8-5-17(6-9-20)26-24(25-27(37(26)2)19(14-32)15-34-28(25)33)18-7-10-21(22(13-18)40-3)29(39)35-16-30(31)11-12-30/h4-10,13,15H,1,11-12,16H2,2-3H3,(H2,33,34)(H,35,39)(H,36,38). The molecular weight excluding hydrogens is 511 g/mol. The van der Waals surface area contributed by atoms with Crippen LogP contribution in [-0.4, -0.2) is 40.7 Å². The van der Waals surface area contributed by atoms with Crippen molar-refractivity contribution in [1.82, 2.24) is 14.9 Å². The zero-order valence-corrected chi connectivity index (χ0v) is 22.0. The van der Waals surface area contributed by atoms with Crippen LogP contribution in [0.3, 0.4) is 0 Å². The number of ether oxygens (including phenoxy) is 1. The second-order valence-electron chi connectivity index (χ2n) is 9.69. The van der Waals surface area contributed by atoms with Crippen molar-refractivity contribution >= 4 is 34.2 Å². The number of halogens is 1. The van der Waals surface area contributed by atoms with E-state index in [2.05, 4.69) is 28.3 Å². The monoisotopic (exact) mass is 538 g/mol. The van der Waals surface area contributed by atoms with E-state index in [0.717, 1.165) is 11.3 Å². The molecule has 1 aliphatic rings. The van der Waals surface area contributed by atoms with Crippen LogP contribution >= 0.6 is 0 Å². The van der Waals surface area contributed by atoms with Crippen LogP contribution in [0.25, 0.3) is 33.3 Å². The van der Waals surface area contributed by atoms with Crippen LogP contribution in [0.4, 0.5) is 15.9 Å². The first-order valence-electron chi connectivity index (χ1n) is 12.6. The Bertz CT molecular complexity index is 1710. The minimum Gasteiger partial charge on any atom is -0.496 e. The van der Waals surface area contributed by atoms with E-state index in [9.17, 15) is 19.2 Å². The molecule has 0 radical (unpaired) electrons. The number of nitrogens with two attached hydrogens (primary N) is 1. The van der Waals surface area contributed by atoms with Gasteiger partial charge in [0.05, 0.1) is 41.4 Å². The predicted molar refractivity (Wildman–Crippen MR) is 151 cm³/mol. The molecule has 2 aromatic carbocycles. The number of hydrogen-bond acceptors (Lipinski definition) is 6. The molecule has 9 nitrogen and oxygen atoms in total. The number of carbonyl (C=O) groups excluding carboxylic acids is 2. The summed E-state index contributed by atoms with van der Waals surface area (Å²) >= 11 is 0. The number of nitrogens with zero attached hydrogens (tertiary/aromatic N) is 3. The third-order valence-corrected chi connectivity index (χ3v) is 7.06. The molecule has 2 aromatic heterocycles. The van der Waals surface area contributed by atoms with E-state index in [1.54, 1.807) is 30.3 Å². The summed E-state index contributed by atoms with van der Waals surface area (Å²) in [4.78, 5) is 28.9. The third-order valence-electron chi connectivity index (χ3n) is 7.06. The van der Waals surface area contributed by atoms with Crippen molar-refractivity contribution in [2.75, 3.05) is 24.7 Å². The van der Waals surface area contributed by atoms with Crippen molar-refractivity contribution < 1.29 is 18.7 Å². The van der Waals surface area contributed by atoms with Gasteiger partial charge in [-0.25, -0.2) is 9.37 Å². The first kappa shape index (κ1) is 26.4. The van der Waals surface area contributed by atoms with Gasteiger partial charge in [-0.2, -0.15) is 5.26 Å². The van der Waals surface area contributed by atoms with E-state index in [-0.39, 0.29) is 23.8 Å². The molecule has 2 heterocycles. The quantitative estimate of drug-likeness (QED) is 0.278.